The third kappa shape index (κ3) is 5.48. The molecule has 126 valence electrons. The minimum atomic E-state index is -3.62. The summed E-state index contributed by atoms with van der Waals surface area (Å²) in [6.07, 6.45) is 5.79. The number of hydrogen-bond acceptors (Lipinski definition) is 3. The van der Waals surface area contributed by atoms with Crippen LogP contribution in [0.25, 0.3) is 6.08 Å². The van der Waals surface area contributed by atoms with Gasteiger partial charge in [0, 0.05) is 18.5 Å². The van der Waals surface area contributed by atoms with Crippen molar-refractivity contribution in [2.24, 2.45) is 0 Å². The van der Waals surface area contributed by atoms with Crippen LogP contribution in [-0.2, 0) is 14.8 Å². The number of rotatable bonds is 6. The predicted octanol–water partition coefficient (Wildman–Crippen LogP) is 2.29. The van der Waals surface area contributed by atoms with Gasteiger partial charge in [-0.3, -0.25) is 4.79 Å². The summed E-state index contributed by atoms with van der Waals surface area (Å²) in [4.78, 5) is 13.7. The summed E-state index contributed by atoms with van der Waals surface area (Å²) in [5, 5.41) is 1.10. The average Bonchev–Trinajstić information content (AvgIpc) is 3.06. The third-order valence-electron chi connectivity index (χ3n) is 4.21. The van der Waals surface area contributed by atoms with Gasteiger partial charge in [-0.05, 0) is 31.4 Å². The van der Waals surface area contributed by atoms with Crippen LogP contribution in [0.15, 0.2) is 29.7 Å². The number of sulfonamides is 1. The molecule has 0 radical (unpaired) electrons. The van der Waals surface area contributed by atoms with Crippen LogP contribution >= 0.6 is 0 Å². The summed E-state index contributed by atoms with van der Waals surface area (Å²) in [7, 11) is -1.88. The topological polar surface area (TPSA) is 66.5 Å². The lowest BCUT2D eigenvalue weighted by atomic mass is 10.2. The number of aryl methyl sites for hydroxylation is 1. The van der Waals surface area contributed by atoms with Gasteiger partial charge in [0.25, 0.3) is 0 Å². The highest BCUT2D eigenvalue weighted by Crippen LogP contribution is 2.22. The van der Waals surface area contributed by atoms with Crippen molar-refractivity contribution in [2.45, 2.75) is 38.6 Å². The highest BCUT2D eigenvalue weighted by molar-refractivity contribution is 7.92. The van der Waals surface area contributed by atoms with Gasteiger partial charge >= 0.3 is 0 Å². The van der Waals surface area contributed by atoms with Crippen molar-refractivity contribution in [2.75, 3.05) is 13.6 Å². The number of carbonyl (C=O) groups is 1. The molecule has 0 saturated heterocycles. The predicted molar refractivity (Wildman–Crippen MR) is 92.2 cm³/mol. The highest BCUT2D eigenvalue weighted by Gasteiger charge is 2.23. The lowest BCUT2D eigenvalue weighted by Gasteiger charge is -2.24. The van der Waals surface area contributed by atoms with Crippen LogP contribution in [0, 0.1) is 6.92 Å². The van der Waals surface area contributed by atoms with E-state index in [4.69, 9.17) is 0 Å². The lowest BCUT2D eigenvalue weighted by molar-refractivity contribution is -0.130. The Morgan fingerprint density at radius 2 is 1.87 bits per heavy atom. The molecule has 0 unspecified atom stereocenters. The number of likely N-dealkylation sites (N-methyl/N-ethyl adjacent to an activating group) is 1. The van der Waals surface area contributed by atoms with Gasteiger partial charge in [-0.2, -0.15) is 0 Å². The largest absolute Gasteiger partial charge is 0.342 e. The summed E-state index contributed by atoms with van der Waals surface area (Å²) < 4.78 is 26.2. The molecular weight excluding hydrogens is 312 g/mol. The average molecular weight is 336 g/mol. The van der Waals surface area contributed by atoms with Crippen LogP contribution in [0.1, 0.15) is 36.8 Å². The first-order chi connectivity index (χ1) is 10.9. The Kier molecular flexibility index (Phi) is 5.96. The molecule has 5 nitrogen and oxygen atoms in total. The van der Waals surface area contributed by atoms with Gasteiger partial charge in [0.1, 0.15) is 0 Å². The molecule has 2 rings (SSSR count). The van der Waals surface area contributed by atoms with Crippen LogP contribution in [0.5, 0.6) is 0 Å². The molecule has 0 spiro atoms. The fourth-order valence-electron chi connectivity index (χ4n) is 2.68. The molecule has 0 aliphatic heterocycles. The van der Waals surface area contributed by atoms with Gasteiger partial charge in [-0.15, -0.1) is 0 Å². The molecule has 23 heavy (non-hydrogen) atoms. The Hall–Kier alpha value is -1.66. The zero-order valence-electron chi connectivity index (χ0n) is 13.7. The number of carbonyl (C=O) groups excluding carboxylic acids is 1. The van der Waals surface area contributed by atoms with E-state index in [2.05, 4.69) is 4.72 Å². The summed E-state index contributed by atoms with van der Waals surface area (Å²) in [5.41, 5.74) is 1.92. The molecule has 1 aliphatic carbocycles. The number of benzene rings is 1. The van der Waals surface area contributed by atoms with E-state index in [1.807, 2.05) is 31.2 Å². The first-order valence-corrected chi connectivity index (χ1v) is 9.42. The van der Waals surface area contributed by atoms with Crippen molar-refractivity contribution in [1.82, 2.24) is 9.62 Å². The normalized spacial score (nSPS) is 16.1. The molecule has 6 heteroatoms. The Morgan fingerprint density at radius 1 is 1.26 bits per heavy atom. The van der Waals surface area contributed by atoms with Gasteiger partial charge in [-0.1, -0.05) is 42.7 Å². The molecule has 1 amide bonds. The molecule has 0 atom stereocenters. The summed E-state index contributed by atoms with van der Waals surface area (Å²) in [5.74, 6) is -0.191. The maximum Gasteiger partial charge on any atom is 0.237 e. The highest BCUT2D eigenvalue weighted by atomic mass is 32.2. The molecule has 0 heterocycles. The quantitative estimate of drug-likeness (QED) is 0.867. The fraction of sp³-hybridized carbons (Fsp3) is 0.471. The molecule has 1 aromatic carbocycles. The SMILES string of the molecule is Cc1ccc(C=CS(=O)(=O)NCC(=O)N(C)C2CCCC2)cc1. The van der Waals surface area contributed by atoms with Crippen molar-refractivity contribution in [1.29, 1.82) is 0 Å². The molecular formula is C17H24N2O3S. The number of amides is 1. The van der Waals surface area contributed by atoms with Crippen LogP contribution in [0.3, 0.4) is 0 Å². The maximum atomic E-state index is 12.1. The van der Waals surface area contributed by atoms with Crippen molar-refractivity contribution in [3.05, 3.63) is 40.8 Å². The second-order valence-electron chi connectivity index (χ2n) is 6.02. The van der Waals surface area contributed by atoms with Gasteiger partial charge < -0.3 is 4.90 Å². The van der Waals surface area contributed by atoms with Crippen LogP contribution in [0.4, 0.5) is 0 Å². The lowest BCUT2D eigenvalue weighted by Crippen LogP contribution is -2.41. The van der Waals surface area contributed by atoms with Crippen LogP contribution in [-0.4, -0.2) is 38.9 Å². The second-order valence-corrected chi connectivity index (χ2v) is 7.67. The van der Waals surface area contributed by atoms with Gasteiger partial charge in [0.05, 0.1) is 6.54 Å². The third-order valence-corrected chi connectivity index (χ3v) is 5.25. The van der Waals surface area contributed by atoms with Gasteiger partial charge in [-0.25, -0.2) is 13.1 Å². The fourth-order valence-corrected chi connectivity index (χ4v) is 3.43. The molecule has 1 aliphatic rings. The summed E-state index contributed by atoms with van der Waals surface area (Å²) >= 11 is 0. The van der Waals surface area contributed by atoms with Gasteiger partial charge in [0.15, 0.2) is 0 Å². The Bertz CT molecular complexity index is 660. The number of nitrogens with one attached hydrogen (secondary N) is 1. The Morgan fingerprint density at radius 3 is 2.48 bits per heavy atom. The molecule has 1 saturated carbocycles. The molecule has 1 aromatic rings. The van der Waals surface area contributed by atoms with E-state index in [1.54, 1.807) is 11.9 Å². The maximum absolute atomic E-state index is 12.1. The smallest absolute Gasteiger partial charge is 0.237 e. The second kappa shape index (κ2) is 7.75. The van der Waals surface area contributed by atoms with Crippen LogP contribution in [0.2, 0.25) is 0 Å². The first kappa shape index (κ1) is 17.7. The van der Waals surface area contributed by atoms with Crippen molar-refractivity contribution < 1.29 is 13.2 Å². The zero-order chi connectivity index (χ0) is 16.9. The molecule has 0 bridgehead atoms. The monoisotopic (exact) mass is 336 g/mol. The zero-order valence-corrected chi connectivity index (χ0v) is 14.5. The minimum absolute atomic E-state index is 0.191. The number of nitrogens with zero attached hydrogens (tertiary/aromatic N) is 1. The van der Waals surface area contributed by atoms with E-state index < -0.39 is 10.0 Å². The van der Waals surface area contributed by atoms with E-state index in [1.165, 1.54) is 6.08 Å². The van der Waals surface area contributed by atoms with Crippen molar-refractivity contribution >= 4 is 22.0 Å². The van der Waals surface area contributed by atoms with E-state index in [-0.39, 0.29) is 18.5 Å². The molecule has 1 fully saturated rings. The van der Waals surface area contributed by atoms with E-state index in [0.29, 0.717) is 0 Å². The van der Waals surface area contributed by atoms with E-state index in [0.717, 1.165) is 42.2 Å². The molecule has 0 aromatic heterocycles. The first-order valence-electron chi connectivity index (χ1n) is 7.87. The standard InChI is InChI=1S/C17H24N2O3S/c1-14-7-9-15(10-8-14)11-12-23(21,22)18-13-17(20)19(2)16-5-3-4-6-16/h7-12,16,18H,3-6,13H2,1-2H3. The molecule has 1 N–H and O–H groups in total. The summed E-state index contributed by atoms with van der Waals surface area (Å²) in [6.45, 7) is 1.77. The Balaban J connectivity index is 1.88. The van der Waals surface area contributed by atoms with E-state index in [9.17, 15) is 13.2 Å². The van der Waals surface area contributed by atoms with Crippen molar-refractivity contribution in [3.63, 3.8) is 0 Å². The van der Waals surface area contributed by atoms with Crippen molar-refractivity contribution in [3.8, 4) is 0 Å². The van der Waals surface area contributed by atoms with Crippen LogP contribution < -0.4 is 4.72 Å². The summed E-state index contributed by atoms with van der Waals surface area (Å²) in [6, 6.07) is 7.77. The van der Waals surface area contributed by atoms with Gasteiger partial charge in [0.2, 0.25) is 15.9 Å². The minimum Gasteiger partial charge on any atom is -0.342 e. The van der Waals surface area contributed by atoms with E-state index >= 15 is 0 Å². The number of hydrogen-bond donors (Lipinski definition) is 1. The Labute approximate surface area is 138 Å².